The maximum Gasteiger partial charge on any atom is 0.132 e. The first kappa shape index (κ1) is 22.2. The monoisotopic (exact) mass is 516 g/mol. The molecule has 7 heteroatoms. The molecule has 0 atom stereocenters. The van der Waals surface area contributed by atoms with Gasteiger partial charge in [-0.05, 0) is 72.9 Å². The molecule has 6 rings (SSSR count). The number of aryl methyl sites for hydroxylation is 2. The van der Waals surface area contributed by atoms with Crippen LogP contribution in [0.15, 0.2) is 72.8 Å². The maximum absolute atomic E-state index is 14.5. The van der Waals surface area contributed by atoms with Crippen LogP contribution in [0.5, 0.6) is 0 Å². The molecule has 2 nitrogen and oxygen atoms in total. The fourth-order valence-corrected chi connectivity index (χ4v) is 7.06. The van der Waals surface area contributed by atoms with E-state index in [-0.39, 0.29) is 11.6 Å². The minimum Gasteiger partial charge on any atom is -0.206 e. The lowest BCUT2D eigenvalue weighted by Crippen LogP contribution is -1.82. The summed E-state index contributed by atoms with van der Waals surface area (Å²) in [6.07, 6.45) is 0. The van der Waals surface area contributed by atoms with Crippen molar-refractivity contribution >= 4 is 44.4 Å². The lowest BCUT2D eigenvalue weighted by Gasteiger charge is -2.04. The largest absolute Gasteiger partial charge is 0.206 e. The number of nitrogens with zero attached hydrogens (tertiary/aromatic N) is 2. The Morgan fingerprint density at radius 1 is 0.571 bits per heavy atom. The molecule has 172 valence electrons. The van der Waals surface area contributed by atoms with Crippen molar-refractivity contribution in [2.45, 2.75) is 13.8 Å². The topological polar surface area (TPSA) is 25.8 Å². The quantitative estimate of drug-likeness (QED) is 0.233. The van der Waals surface area contributed by atoms with Crippen LogP contribution in [0.4, 0.5) is 8.78 Å². The highest BCUT2D eigenvalue weighted by Gasteiger charge is 2.18. The van der Waals surface area contributed by atoms with Crippen LogP contribution in [0.25, 0.3) is 52.0 Å². The molecule has 0 aliphatic heterocycles. The summed E-state index contributed by atoms with van der Waals surface area (Å²) in [5, 5.41) is 4.43. The molecule has 6 aromatic rings. The number of halogens is 2. The van der Waals surface area contributed by atoms with Gasteiger partial charge in [0.2, 0.25) is 0 Å². The van der Waals surface area contributed by atoms with Gasteiger partial charge in [-0.15, -0.1) is 27.8 Å². The minimum atomic E-state index is -0.215. The molecule has 35 heavy (non-hydrogen) atoms. The minimum absolute atomic E-state index is 0.211. The normalized spacial score (nSPS) is 11.4. The maximum atomic E-state index is 14.5. The van der Waals surface area contributed by atoms with E-state index < -0.39 is 0 Å². The average molecular weight is 517 g/mol. The van der Waals surface area contributed by atoms with Crippen LogP contribution < -0.4 is 0 Å². The van der Waals surface area contributed by atoms with Gasteiger partial charge in [0.15, 0.2) is 0 Å². The van der Waals surface area contributed by atoms with E-state index in [1.807, 2.05) is 68.4 Å². The third-order valence-electron chi connectivity index (χ3n) is 5.93. The van der Waals surface area contributed by atoms with Crippen LogP contribution >= 0.6 is 34.2 Å². The van der Waals surface area contributed by atoms with Crippen LogP contribution in [0, 0.1) is 25.5 Å². The molecule has 0 spiro atoms. The van der Waals surface area contributed by atoms with Crippen LogP contribution in [0.3, 0.4) is 0 Å². The molecule has 0 saturated carbocycles. The highest BCUT2D eigenvalue weighted by Crippen LogP contribution is 2.43. The van der Waals surface area contributed by atoms with Crippen molar-refractivity contribution in [2.24, 2.45) is 0 Å². The van der Waals surface area contributed by atoms with E-state index in [0.717, 1.165) is 52.0 Å². The Hall–Kier alpha value is -3.26. The number of hydrogen-bond donors (Lipinski definition) is 0. The molecular weight excluding hydrogens is 499 g/mol. The van der Waals surface area contributed by atoms with E-state index in [2.05, 4.69) is 15.7 Å². The van der Waals surface area contributed by atoms with Gasteiger partial charge < -0.3 is 0 Å². The zero-order chi connectivity index (χ0) is 24.1. The second kappa shape index (κ2) is 8.75. The number of aromatic nitrogens is 2. The number of hydrogen-bond acceptors (Lipinski definition) is 5. The standard InChI is InChI=1S/C28H18F2N2S3/c1-15-3-5-17(21(29)13-15)23-9-11-25(33-23)19-7-8-20(28-27(19)31-32-35-28)26-12-10-24(34-26)18-6-4-16(2)14-22(18)30/h3-14H,1-2H3. The number of benzene rings is 3. The third kappa shape index (κ3) is 3.99. The Bertz CT molecular complexity index is 1590. The summed E-state index contributed by atoms with van der Waals surface area (Å²) in [7, 11) is 0. The van der Waals surface area contributed by atoms with Crippen LogP contribution in [-0.4, -0.2) is 9.59 Å². The van der Waals surface area contributed by atoms with Gasteiger partial charge in [-0.2, -0.15) is 0 Å². The van der Waals surface area contributed by atoms with Gasteiger partial charge in [0.25, 0.3) is 0 Å². The Morgan fingerprint density at radius 3 is 1.57 bits per heavy atom. The van der Waals surface area contributed by atoms with Gasteiger partial charge in [0.05, 0.1) is 4.70 Å². The summed E-state index contributed by atoms with van der Waals surface area (Å²) < 4.78 is 34.3. The number of thiophene rings is 2. The fraction of sp³-hybridized carbons (Fsp3) is 0.0714. The summed E-state index contributed by atoms with van der Waals surface area (Å²) in [6, 6.07) is 22.7. The molecule has 0 amide bonds. The second-order valence-corrected chi connectivity index (χ2v) is 11.3. The van der Waals surface area contributed by atoms with Crippen LogP contribution in [0.2, 0.25) is 0 Å². The summed E-state index contributed by atoms with van der Waals surface area (Å²) >= 11 is 4.45. The smallest absolute Gasteiger partial charge is 0.132 e. The van der Waals surface area contributed by atoms with Crippen LogP contribution in [0.1, 0.15) is 11.1 Å². The van der Waals surface area contributed by atoms with E-state index in [1.54, 1.807) is 34.8 Å². The van der Waals surface area contributed by atoms with E-state index in [0.29, 0.717) is 11.1 Å². The van der Waals surface area contributed by atoms with Gasteiger partial charge in [-0.3, -0.25) is 0 Å². The molecule has 0 N–H and O–H groups in total. The highest BCUT2D eigenvalue weighted by molar-refractivity contribution is 7.20. The zero-order valence-corrected chi connectivity index (χ0v) is 21.3. The summed E-state index contributed by atoms with van der Waals surface area (Å²) in [4.78, 5) is 3.81. The predicted octanol–water partition coefficient (Wildman–Crippen LogP) is 9.38. The summed E-state index contributed by atoms with van der Waals surface area (Å²) in [6.45, 7) is 3.77. The van der Waals surface area contributed by atoms with Crippen molar-refractivity contribution in [2.75, 3.05) is 0 Å². The highest BCUT2D eigenvalue weighted by atomic mass is 32.1. The summed E-state index contributed by atoms with van der Waals surface area (Å²) in [5.41, 5.74) is 5.84. The molecular formula is C28H18F2N2S3. The van der Waals surface area contributed by atoms with Crippen molar-refractivity contribution in [1.82, 2.24) is 9.59 Å². The number of fused-ring (bicyclic) bond motifs is 1. The second-order valence-electron chi connectivity index (χ2n) is 8.41. The first-order chi connectivity index (χ1) is 17.0. The van der Waals surface area contributed by atoms with E-state index >= 15 is 0 Å². The fourth-order valence-electron chi connectivity index (χ4n) is 4.15. The molecule has 0 unspecified atom stereocenters. The Balaban J connectivity index is 1.39. The zero-order valence-electron chi connectivity index (χ0n) is 18.8. The lowest BCUT2D eigenvalue weighted by atomic mass is 10.1. The Kier molecular flexibility index (Phi) is 5.56. The third-order valence-corrected chi connectivity index (χ3v) is 8.99. The molecule has 0 saturated heterocycles. The van der Waals surface area contributed by atoms with Gasteiger partial charge in [-0.1, -0.05) is 40.9 Å². The summed E-state index contributed by atoms with van der Waals surface area (Å²) in [5.74, 6) is -0.426. The average Bonchev–Trinajstić information content (AvgIpc) is 3.59. The molecule has 3 heterocycles. The molecule has 0 fully saturated rings. The predicted molar refractivity (Wildman–Crippen MR) is 144 cm³/mol. The van der Waals surface area contributed by atoms with Gasteiger partial charge >= 0.3 is 0 Å². The van der Waals surface area contributed by atoms with E-state index in [4.69, 9.17) is 0 Å². The first-order valence-corrected chi connectivity index (χ1v) is 13.4. The van der Waals surface area contributed by atoms with Gasteiger partial charge in [0, 0.05) is 41.8 Å². The Morgan fingerprint density at radius 2 is 1.03 bits per heavy atom. The van der Waals surface area contributed by atoms with Crippen molar-refractivity contribution in [1.29, 1.82) is 0 Å². The van der Waals surface area contributed by atoms with E-state index in [1.165, 1.54) is 11.5 Å². The Labute approximate surface area is 213 Å². The van der Waals surface area contributed by atoms with Crippen molar-refractivity contribution in [3.05, 3.63) is 95.6 Å². The lowest BCUT2D eigenvalue weighted by molar-refractivity contribution is 0.630. The molecule has 3 aromatic carbocycles. The first-order valence-electron chi connectivity index (χ1n) is 11.0. The molecule has 0 aliphatic carbocycles. The SMILES string of the molecule is Cc1ccc(-c2ccc(-c3ccc(-c4ccc(-c5ccc(C)cc5F)s4)c4snnc34)s2)c(F)c1. The van der Waals surface area contributed by atoms with E-state index in [9.17, 15) is 8.78 Å². The van der Waals surface area contributed by atoms with Crippen molar-refractivity contribution in [3.8, 4) is 41.8 Å². The molecule has 0 radical (unpaired) electrons. The van der Waals surface area contributed by atoms with Crippen molar-refractivity contribution < 1.29 is 8.78 Å². The molecule has 3 aromatic heterocycles. The van der Waals surface area contributed by atoms with Gasteiger partial charge in [-0.25, -0.2) is 8.78 Å². The molecule has 0 aliphatic rings. The van der Waals surface area contributed by atoms with Gasteiger partial charge in [0.1, 0.15) is 17.2 Å². The number of rotatable bonds is 4. The van der Waals surface area contributed by atoms with Crippen LogP contribution in [-0.2, 0) is 0 Å². The van der Waals surface area contributed by atoms with Crippen molar-refractivity contribution in [3.63, 3.8) is 0 Å². The molecule has 0 bridgehead atoms.